The number of hydrogen-bond donors (Lipinski definition) is 3. The zero-order chi connectivity index (χ0) is 21.0. The summed E-state index contributed by atoms with van der Waals surface area (Å²) in [5.74, 6) is -0.538. The van der Waals surface area contributed by atoms with Gasteiger partial charge in [0.2, 0.25) is 0 Å². The molecule has 4 N–H and O–H groups in total. The maximum Gasteiger partial charge on any atom is 0.407 e. The van der Waals surface area contributed by atoms with Gasteiger partial charge in [-0.1, -0.05) is 6.07 Å². The number of benzene rings is 1. The lowest BCUT2D eigenvalue weighted by molar-refractivity contribution is -0.156. The topological polar surface area (TPSA) is 111 Å². The molecule has 0 aliphatic heterocycles. The van der Waals surface area contributed by atoms with E-state index in [1.807, 2.05) is 6.92 Å². The lowest BCUT2D eigenvalue weighted by Gasteiger charge is -2.28. The molecule has 27 heavy (non-hydrogen) atoms. The fraction of sp³-hybridized carbons (Fsp3) is 0.600. The van der Waals surface area contributed by atoms with Crippen LogP contribution in [0.4, 0.5) is 10.5 Å². The number of carbonyl (C=O) groups excluding carboxylic acids is 2. The molecule has 0 spiro atoms. The van der Waals surface area contributed by atoms with Crippen molar-refractivity contribution in [3.05, 3.63) is 29.3 Å². The van der Waals surface area contributed by atoms with Crippen molar-refractivity contribution in [1.29, 1.82) is 0 Å². The van der Waals surface area contributed by atoms with Gasteiger partial charge in [0.1, 0.15) is 17.3 Å². The Balaban J connectivity index is 3.06. The minimum absolute atomic E-state index is 0.216. The highest BCUT2D eigenvalue weighted by Gasteiger charge is 2.30. The Kier molecular flexibility index (Phi) is 7.25. The Morgan fingerprint density at radius 1 is 1.11 bits per heavy atom. The predicted molar refractivity (Wildman–Crippen MR) is 104 cm³/mol. The largest absolute Gasteiger partial charge is 0.460 e. The molecule has 0 aliphatic rings. The third kappa shape index (κ3) is 8.30. The van der Waals surface area contributed by atoms with E-state index in [0.717, 1.165) is 5.56 Å². The first-order chi connectivity index (χ1) is 12.2. The molecule has 0 bridgehead atoms. The number of esters is 1. The van der Waals surface area contributed by atoms with Crippen LogP contribution in [-0.4, -0.2) is 34.4 Å². The molecule has 0 heterocycles. The van der Waals surface area contributed by atoms with Crippen LogP contribution < -0.4 is 11.1 Å². The number of amides is 1. The van der Waals surface area contributed by atoms with Gasteiger partial charge < -0.3 is 25.6 Å². The van der Waals surface area contributed by atoms with Gasteiger partial charge in [-0.2, -0.15) is 0 Å². The molecule has 1 aromatic carbocycles. The number of carbonyl (C=O) groups is 2. The summed E-state index contributed by atoms with van der Waals surface area (Å²) in [6.45, 7) is 12.3. The summed E-state index contributed by atoms with van der Waals surface area (Å²) < 4.78 is 10.6. The number of ether oxygens (including phenoxy) is 2. The summed E-state index contributed by atoms with van der Waals surface area (Å²) in [5.41, 5.74) is 6.23. The van der Waals surface area contributed by atoms with Gasteiger partial charge in [0, 0.05) is 5.69 Å². The smallest absolute Gasteiger partial charge is 0.407 e. The van der Waals surface area contributed by atoms with Crippen LogP contribution in [0.1, 0.15) is 65.2 Å². The molecule has 1 rings (SSSR count). The van der Waals surface area contributed by atoms with Crippen molar-refractivity contribution >= 4 is 17.7 Å². The van der Waals surface area contributed by atoms with Gasteiger partial charge in [-0.25, -0.2) is 4.79 Å². The van der Waals surface area contributed by atoms with Crippen LogP contribution >= 0.6 is 0 Å². The zero-order valence-electron chi connectivity index (χ0n) is 17.3. The molecule has 0 saturated carbocycles. The summed E-state index contributed by atoms with van der Waals surface area (Å²) in [6, 6.07) is 4.18. The second-order valence-electron chi connectivity index (χ2n) is 8.60. The number of nitrogens with one attached hydrogen (secondary N) is 1. The lowest BCUT2D eigenvalue weighted by atomic mass is 9.95. The standard InChI is InChI=1S/C20H32N2O5/c1-12-8-9-13(21)10-14(12)17(24)15(11-16(23)26-19(2,3)4)22-18(25)27-20(5,6)7/h8-10,15,17,24H,11,21H2,1-7H3,(H,22,25)/t15-,17?/m1/s1. The quantitative estimate of drug-likeness (QED) is 0.534. The third-order valence-electron chi connectivity index (χ3n) is 3.51. The van der Waals surface area contributed by atoms with Crippen LogP contribution in [0.2, 0.25) is 0 Å². The van der Waals surface area contributed by atoms with Crippen molar-refractivity contribution < 1.29 is 24.2 Å². The van der Waals surface area contributed by atoms with E-state index in [2.05, 4.69) is 5.32 Å². The molecule has 0 aromatic heterocycles. The van der Waals surface area contributed by atoms with Gasteiger partial charge in [0.05, 0.1) is 12.5 Å². The number of alkyl carbamates (subject to hydrolysis) is 1. The molecule has 1 aromatic rings. The van der Waals surface area contributed by atoms with E-state index in [9.17, 15) is 14.7 Å². The molecule has 0 saturated heterocycles. The van der Waals surface area contributed by atoms with Crippen LogP contribution in [0.5, 0.6) is 0 Å². The molecule has 0 aliphatic carbocycles. The number of aliphatic hydroxyl groups is 1. The zero-order valence-corrected chi connectivity index (χ0v) is 17.3. The highest BCUT2D eigenvalue weighted by Crippen LogP contribution is 2.26. The van der Waals surface area contributed by atoms with Crippen LogP contribution in [0.15, 0.2) is 18.2 Å². The average molecular weight is 380 g/mol. The van der Waals surface area contributed by atoms with Gasteiger partial charge in [-0.05, 0) is 71.7 Å². The van der Waals surface area contributed by atoms with Crippen molar-refractivity contribution in [3.8, 4) is 0 Å². The van der Waals surface area contributed by atoms with Gasteiger partial charge in [-0.3, -0.25) is 4.79 Å². The van der Waals surface area contributed by atoms with Crippen LogP contribution in [-0.2, 0) is 14.3 Å². The normalized spacial score (nSPS) is 14.2. The van der Waals surface area contributed by atoms with Crippen LogP contribution in [0.3, 0.4) is 0 Å². The van der Waals surface area contributed by atoms with E-state index in [4.69, 9.17) is 15.2 Å². The molecule has 1 amide bonds. The Labute approximate surface area is 161 Å². The Morgan fingerprint density at radius 3 is 2.19 bits per heavy atom. The van der Waals surface area contributed by atoms with Gasteiger partial charge >= 0.3 is 12.1 Å². The van der Waals surface area contributed by atoms with Crippen LogP contribution in [0.25, 0.3) is 0 Å². The SMILES string of the molecule is Cc1ccc(N)cc1C(O)[C@@H](CC(=O)OC(C)(C)C)NC(=O)OC(C)(C)C. The molecule has 2 atom stereocenters. The fourth-order valence-corrected chi connectivity index (χ4v) is 2.46. The molecule has 7 nitrogen and oxygen atoms in total. The Bertz CT molecular complexity index is 644. The number of rotatable bonds is 5. The summed E-state index contributed by atoms with van der Waals surface area (Å²) in [7, 11) is 0. The number of hydrogen-bond acceptors (Lipinski definition) is 6. The number of anilines is 1. The predicted octanol–water partition coefficient (Wildman–Crippen LogP) is 3.24. The number of nitrogen functional groups attached to an aromatic ring is 1. The minimum atomic E-state index is -1.16. The number of aliphatic hydroxyl groups excluding tert-OH is 1. The van der Waals surface area contributed by atoms with Crippen LogP contribution in [0, 0.1) is 6.92 Å². The maximum absolute atomic E-state index is 12.3. The highest BCUT2D eigenvalue weighted by molar-refractivity contribution is 5.73. The monoisotopic (exact) mass is 380 g/mol. The fourth-order valence-electron chi connectivity index (χ4n) is 2.46. The number of aryl methyl sites for hydroxylation is 1. The minimum Gasteiger partial charge on any atom is -0.460 e. The first-order valence-corrected chi connectivity index (χ1v) is 8.93. The molecule has 7 heteroatoms. The molecular formula is C20H32N2O5. The van der Waals surface area contributed by atoms with Crippen molar-refractivity contribution in [2.24, 2.45) is 0 Å². The molecular weight excluding hydrogens is 348 g/mol. The highest BCUT2D eigenvalue weighted by atomic mass is 16.6. The molecule has 0 fully saturated rings. The second kappa shape index (κ2) is 8.61. The maximum atomic E-state index is 12.3. The third-order valence-corrected chi connectivity index (χ3v) is 3.51. The van der Waals surface area contributed by atoms with Crippen molar-refractivity contribution in [3.63, 3.8) is 0 Å². The average Bonchev–Trinajstić information content (AvgIpc) is 2.44. The summed E-state index contributed by atoms with van der Waals surface area (Å²) in [6.07, 6.45) is -2.10. The van der Waals surface area contributed by atoms with Gasteiger partial charge in [0.15, 0.2) is 0 Å². The van der Waals surface area contributed by atoms with E-state index in [-0.39, 0.29) is 6.42 Å². The van der Waals surface area contributed by atoms with E-state index in [1.54, 1.807) is 59.7 Å². The van der Waals surface area contributed by atoms with E-state index in [1.165, 1.54) is 0 Å². The summed E-state index contributed by atoms with van der Waals surface area (Å²) >= 11 is 0. The Morgan fingerprint density at radius 2 is 1.67 bits per heavy atom. The summed E-state index contributed by atoms with van der Waals surface area (Å²) in [4.78, 5) is 24.5. The Hall–Kier alpha value is -2.28. The first kappa shape index (κ1) is 22.8. The van der Waals surface area contributed by atoms with Crippen molar-refractivity contribution in [2.45, 2.75) is 78.2 Å². The molecule has 1 unspecified atom stereocenters. The second-order valence-corrected chi connectivity index (χ2v) is 8.60. The first-order valence-electron chi connectivity index (χ1n) is 8.93. The van der Waals surface area contributed by atoms with Crippen molar-refractivity contribution in [1.82, 2.24) is 5.32 Å². The number of nitrogens with two attached hydrogens (primary N) is 1. The summed E-state index contributed by atoms with van der Waals surface area (Å²) in [5, 5.41) is 13.4. The van der Waals surface area contributed by atoms with E-state index in [0.29, 0.717) is 11.3 Å². The lowest BCUT2D eigenvalue weighted by Crippen LogP contribution is -2.44. The molecule has 0 radical (unpaired) electrons. The van der Waals surface area contributed by atoms with Gasteiger partial charge in [-0.15, -0.1) is 0 Å². The van der Waals surface area contributed by atoms with E-state index < -0.39 is 35.4 Å². The van der Waals surface area contributed by atoms with Gasteiger partial charge in [0.25, 0.3) is 0 Å². The van der Waals surface area contributed by atoms with Crippen molar-refractivity contribution in [2.75, 3.05) is 5.73 Å². The molecule has 152 valence electrons. The van der Waals surface area contributed by atoms with E-state index >= 15 is 0 Å².